The second kappa shape index (κ2) is 6.50. The zero-order valence-corrected chi connectivity index (χ0v) is 12.4. The van der Waals surface area contributed by atoms with Crippen molar-refractivity contribution in [2.75, 3.05) is 11.9 Å². The van der Waals surface area contributed by atoms with Gasteiger partial charge in [0.25, 0.3) is 0 Å². The van der Waals surface area contributed by atoms with Crippen LogP contribution < -0.4 is 5.32 Å². The molecule has 1 aromatic carbocycles. The molecule has 1 N–H and O–H groups in total. The molecule has 0 aliphatic rings. The van der Waals surface area contributed by atoms with Crippen LogP contribution in [0.5, 0.6) is 0 Å². The molecule has 0 aliphatic heterocycles. The van der Waals surface area contributed by atoms with E-state index in [2.05, 4.69) is 5.32 Å². The highest BCUT2D eigenvalue weighted by molar-refractivity contribution is 7.89. The first-order valence-electron chi connectivity index (χ1n) is 6.05. The Morgan fingerprint density at radius 2 is 1.90 bits per heavy atom. The van der Waals surface area contributed by atoms with Crippen LogP contribution in [-0.4, -0.2) is 31.2 Å². The highest BCUT2D eigenvalue weighted by Gasteiger charge is 2.26. The van der Waals surface area contributed by atoms with Crippen LogP contribution in [0.25, 0.3) is 0 Å². The second-order valence-corrected chi connectivity index (χ2v) is 6.40. The summed E-state index contributed by atoms with van der Waals surface area (Å²) >= 11 is 0. The van der Waals surface area contributed by atoms with Crippen molar-refractivity contribution < 1.29 is 13.2 Å². The molecule has 0 atom stereocenters. The van der Waals surface area contributed by atoms with Crippen molar-refractivity contribution in [3.8, 4) is 6.07 Å². The largest absolute Gasteiger partial charge is 0.326 e. The van der Waals surface area contributed by atoms with Crippen LogP contribution in [0.3, 0.4) is 0 Å². The zero-order valence-electron chi connectivity index (χ0n) is 11.6. The number of anilines is 1. The predicted octanol–water partition coefficient (Wildman–Crippen LogP) is 1.57. The van der Waals surface area contributed by atoms with Gasteiger partial charge in [-0.15, -0.1) is 0 Å². The SMILES string of the molecule is CC(=O)Nc1ccc(S(=O)(=O)N(CC#N)C(C)C)cc1. The van der Waals surface area contributed by atoms with E-state index in [1.807, 2.05) is 6.07 Å². The summed E-state index contributed by atoms with van der Waals surface area (Å²) in [7, 11) is -3.71. The maximum atomic E-state index is 12.4. The third-order valence-electron chi connectivity index (χ3n) is 2.58. The molecule has 0 unspecified atom stereocenters. The van der Waals surface area contributed by atoms with E-state index in [0.29, 0.717) is 5.69 Å². The fourth-order valence-corrected chi connectivity index (χ4v) is 3.20. The number of rotatable bonds is 5. The minimum Gasteiger partial charge on any atom is -0.326 e. The Morgan fingerprint density at radius 1 is 1.35 bits per heavy atom. The molecule has 0 aromatic heterocycles. The summed E-state index contributed by atoms with van der Waals surface area (Å²) in [5.74, 6) is -0.228. The summed E-state index contributed by atoms with van der Waals surface area (Å²) in [6, 6.07) is 7.39. The van der Waals surface area contributed by atoms with E-state index in [4.69, 9.17) is 5.26 Å². The second-order valence-electron chi connectivity index (χ2n) is 4.51. The molecule has 0 radical (unpaired) electrons. The molecule has 1 amide bonds. The van der Waals surface area contributed by atoms with Gasteiger partial charge in [0.1, 0.15) is 6.54 Å². The van der Waals surface area contributed by atoms with E-state index in [-0.39, 0.29) is 23.4 Å². The van der Waals surface area contributed by atoms with Gasteiger partial charge in [0.15, 0.2) is 0 Å². The van der Waals surface area contributed by atoms with Gasteiger partial charge in [-0.05, 0) is 38.1 Å². The first kappa shape index (κ1) is 16.1. The minimum absolute atomic E-state index is 0.0931. The predicted molar refractivity (Wildman–Crippen MR) is 75.4 cm³/mol. The molecule has 0 spiro atoms. The summed E-state index contributed by atoms with van der Waals surface area (Å²) in [5.41, 5.74) is 0.521. The number of sulfonamides is 1. The molecule has 1 rings (SSSR count). The van der Waals surface area contributed by atoms with E-state index >= 15 is 0 Å². The molecular formula is C13H17N3O3S. The smallest absolute Gasteiger partial charge is 0.244 e. The molecule has 0 saturated heterocycles. The number of nitrogens with zero attached hydrogens (tertiary/aromatic N) is 2. The standard InChI is InChI=1S/C13H17N3O3S/c1-10(2)16(9-8-14)20(18,19)13-6-4-12(5-7-13)15-11(3)17/h4-7,10H,9H2,1-3H3,(H,15,17). The van der Waals surface area contributed by atoms with Crippen LogP contribution in [-0.2, 0) is 14.8 Å². The van der Waals surface area contributed by atoms with Gasteiger partial charge >= 0.3 is 0 Å². The van der Waals surface area contributed by atoms with E-state index in [9.17, 15) is 13.2 Å². The van der Waals surface area contributed by atoms with E-state index in [0.717, 1.165) is 4.31 Å². The van der Waals surface area contributed by atoms with Crippen LogP contribution in [0.4, 0.5) is 5.69 Å². The molecule has 0 bridgehead atoms. The number of benzene rings is 1. The molecule has 6 nitrogen and oxygen atoms in total. The molecule has 7 heteroatoms. The lowest BCUT2D eigenvalue weighted by Gasteiger charge is -2.23. The fraction of sp³-hybridized carbons (Fsp3) is 0.385. The average molecular weight is 295 g/mol. The number of nitrogens with one attached hydrogen (secondary N) is 1. The first-order valence-corrected chi connectivity index (χ1v) is 7.49. The summed E-state index contributed by atoms with van der Waals surface area (Å²) in [6.07, 6.45) is 0. The Labute approximate surface area is 119 Å². The van der Waals surface area contributed by atoms with Crippen LogP contribution in [0.2, 0.25) is 0 Å². The molecular weight excluding hydrogens is 278 g/mol. The van der Waals surface area contributed by atoms with Gasteiger partial charge < -0.3 is 5.32 Å². The van der Waals surface area contributed by atoms with Crippen molar-refractivity contribution in [1.82, 2.24) is 4.31 Å². The molecule has 0 saturated carbocycles. The van der Waals surface area contributed by atoms with Crippen LogP contribution in [0.15, 0.2) is 29.2 Å². The highest BCUT2D eigenvalue weighted by Crippen LogP contribution is 2.20. The van der Waals surface area contributed by atoms with Crippen molar-refractivity contribution >= 4 is 21.6 Å². The molecule has 0 aliphatic carbocycles. The maximum Gasteiger partial charge on any atom is 0.244 e. The Hall–Kier alpha value is -1.91. The Kier molecular flexibility index (Phi) is 5.25. The first-order chi connectivity index (χ1) is 9.28. The number of carbonyl (C=O) groups excluding carboxylic acids is 1. The van der Waals surface area contributed by atoms with Gasteiger partial charge in [-0.1, -0.05) is 0 Å². The van der Waals surface area contributed by atoms with Crippen molar-refractivity contribution in [3.05, 3.63) is 24.3 Å². The van der Waals surface area contributed by atoms with Crippen molar-refractivity contribution in [1.29, 1.82) is 5.26 Å². The quantitative estimate of drug-likeness (QED) is 0.835. The zero-order chi connectivity index (χ0) is 15.3. The molecule has 0 heterocycles. The van der Waals surface area contributed by atoms with Crippen molar-refractivity contribution in [2.45, 2.75) is 31.7 Å². The molecule has 0 fully saturated rings. The summed E-state index contributed by atoms with van der Waals surface area (Å²) < 4.78 is 25.9. The fourth-order valence-electron chi connectivity index (χ4n) is 1.66. The number of carbonyl (C=O) groups is 1. The number of nitriles is 1. The normalized spacial score (nSPS) is 11.4. The van der Waals surface area contributed by atoms with Gasteiger partial charge in [0, 0.05) is 18.7 Å². The lowest BCUT2D eigenvalue weighted by molar-refractivity contribution is -0.114. The summed E-state index contributed by atoms with van der Waals surface area (Å²) in [6.45, 7) is 4.59. The summed E-state index contributed by atoms with van der Waals surface area (Å²) in [5, 5.41) is 11.3. The maximum absolute atomic E-state index is 12.4. The Bertz CT molecular complexity index is 615. The van der Waals surface area contributed by atoms with Gasteiger partial charge in [-0.25, -0.2) is 8.42 Å². The third kappa shape index (κ3) is 3.79. The van der Waals surface area contributed by atoms with E-state index in [1.54, 1.807) is 13.8 Å². The molecule has 20 heavy (non-hydrogen) atoms. The van der Waals surface area contributed by atoms with Crippen LogP contribution >= 0.6 is 0 Å². The van der Waals surface area contributed by atoms with Crippen LogP contribution in [0, 0.1) is 11.3 Å². The highest BCUT2D eigenvalue weighted by atomic mass is 32.2. The Morgan fingerprint density at radius 3 is 2.30 bits per heavy atom. The monoisotopic (exact) mass is 295 g/mol. The Balaban J connectivity index is 3.09. The van der Waals surface area contributed by atoms with Gasteiger partial charge in [0.05, 0.1) is 11.0 Å². The minimum atomic E-state index is -3.71. The van der Waals surface area contributed by atoms with E-state index in [1.165, 1.54) is 31.2 Å². The van der Waals surface area contributed by atoms with Crippen molar-refractivity contribution in [3.63, 3.8) is 0 Å². The molecule has 1 aromatic rings. The number of hydrogen-bond donors (Lipinski definition) is 1. The van der Waals surface area contributed by atoms with Gasteiger partial charge in [-0.3, -0.25) is 4.79 Å². The van der Waals surface area contributed by atoms with Crippen LogP contribution in [0.1, 0.15) is 20.8 Å². The average Bonchev–Trinajstić information content (AvgIpc) is 2.35. The van der Waals surface area contributed by atoms with Gasteiger partial charge in [0.2, 0.25) is 15.9 Å². The third-order valence-corrected chi connectivity index (χ3v) is 4.62. The van der Waals surface area contributed by atoms with Crippen molar-refractivity contribution in [2.24, 2.45) is 0 Å². The topological polar surface area (TPSA) is 90.3 Å². The van der Waals surface area contributed by atoms with E-state index < -0.39 is 10.0 Å². The lowest BCUT2D eigenvalue weighted by Crippen LogP contribution is -2.37. The summed E-state index contributed by atoms with van der Waals surface area (Å²) in [4.78, 5) is 11.0. The molecule has 108 valence electrons. The lowest BCUT2D eigenvalue weighted by atomic mass is 10.3. The number of amides is 1. The number of hydrogen-bond acceptors (Lipinski definition) is 4. The van der Waals surface area contributed by atoms with Gasteiger partial charge in [-0.2, -0.15) is 9.57 Å².